The molecule has 1 heterocycles. The van der Waals surface area contributed by atoms with Crippen LogP contribution in [0, 0.1) is 18.8 Å². The Morgan fingerprint density at radius 2 is 1.84 bits per heavy atom. The van der Waals surface area contributed by atoms with Crippen LogP contribution >= 0.6 is 0 Å². The number of piperidine rings is 1. The summed E-state index contributed by atoms with van der Waals surface area (Å²) in [6.45, 7) is 1.94. The maximum atomic E-state index is 13.0. The standard InChI is InChI=1S/C23H26N2O5S/c1-14-6-5-7-16(12-14)24-22(27)15-10-11-18-19(13-15)25-23(28)21(20(18)26)31(29,30)17-8-3-2-4-9-17/h2-9,12,15,18-21,26H,10-11,13H2,1H3,(H,24,27)(H,25,28). The predicted octanol–water partition coefficient (Wildman–Crippen LogP) is 2.05. The third-order valence-electron chi connectivity index (χ3n) is 6.30. The Kier molecular flexibility index (Phi) is 5.85. The molecule has 1 aliphatic heterocycles. The fourth-order valence-corrected chi connectivity index (χ4v) is 6.45. The molecule has 2 aliphatic rings. The highest BCUT2D eigenvalue weighted by Crippen LogP contribution is 2.38. The van der Waals surface area contributed by atoms with E-state index in [0.717, 1.165) is 5.56 Å². The van der Waals surface area contributed by atoms with E-state index in [-0.39, 0.29) is 16.7 Å². The summed E-state index contributed by atoms with van der Waals surface area (Å²) in [7, 11) is -4.03. The van der Waals surface area contributed by atoms with Gasteiger partial charge in [0, 0.05) is 23.6 Å². The molecule has 5 atom stereocenters. The number of anilines is 1. The first kappa shape index (κ1) is 21.5. The second-order valence-electron chi connectivity index (χ2n) is 8.42. The molecule has 2 aromatic carbocycles. The van der Waals surface area contributed by atoms with Gasteiger partial charge < -0.3 is 15.7 Å². The third-order valence-corrected chi connectivity index (χ3v) is 8.39. The number of sulfone groups is 1. The van der Waals surface area contributed by atoms with Gasteiger partial charge in [0.05, 0.1) is 11.0 Å². The second kappa shape index (κ2) is 8.43. The van der Waals surface area contributed by atoms with Crippen LogP contribution in [-0.2, 0) is 19.4 Å². The Hall–Kier alpha value is -2.71. The van der Waals surface area contributed by atoms with Gasteiger partial charge in [-0.05, 0) is 56.0 Å². The van der Waals surface area contributed by atoms with Crippen LogP contribution in [-0.4, -0.2) is 42.7 Å². The summed E-state index contributed by atoms with van der Waals surface area (Å²) in [5.41, 5.74) is 1.75. The van der Waals surface area contributed by atoms with Crippen LogP contribution in [0.5, 0.6) is 0 Å². The highest BCUT2D eigenvalue weighted by atomic mass is 32.2. The number of carbonyl (C=O) groups is 2. The smallest absolute Gasteiger partial charge is 0.241 e. The van der Waals surface area contributed by atoms with Gasteiger partial charge in [0.25, 0.3) is 0 Å². The maximum Gasteiger partial charge on any atom is 0.241 e. The number of aliphatic hydroxyl groups excluding tert-OH is 1. The number of nitrogens with one attached hydrogen (secondary N) is 2. The van der Waals surface area contributed by atoms with Crippen LogP contribution in [0.1, 0.15) is 24.8 Å². The Morgan fingerprint density at radius 3 is 2.55 bits per heavy atom. The van der Waals surface area contributed by atoms with Crippen molar-refractivity contribution < 1.29 is 23.1 Å². The topological polar surface area (TPSA) is 113 Å². The Balaban J connectivity index is 1.47. The Bertz CT molecular complexity index is 1090. The minimum absolute atomic E-state index is 0.0128. The molecule has 2 amide bonds. The zero-order chi connectivity index (χ0) is 22.2. The number of aryl methyl sites for hydroxylation is 1. The zero-order valence-corrected chi connectivity index (χ0v) is 18.0. The van der Waals surface area contributed by atoms with Crippen molar-refractivity contribution in [2.75, 3.05) is 5.32 Å². The number of benzene rings is 2. The van der Waals surface area contributed by atoms with E-state index < -0.39 is 39.1 Å². The highest BCUT2D eigenvalue weighted by molar-refractivity contribution is 7.92. The van der Waals surface area contributed by atoms with Crippen LogP contribution < -0.4 is 10.6 Å². The van der Waals surface area contributed by atoms with Crippen molar-refractivity contribution in [3.8, 4) is 0 Å². The van der Waals surface area contributed by atoms with Gasteiger partial charge in [0.1, 0.15) is 0 Å². The molecule has 0 radical (unpaired) electrons. The first-order valence-corrected chi connectivity index (χ1v) is 12.0. The van der Waals surface area contributed by atoms with E-state index in [4.69, 9.17) is 0 Å². The van der Waals surface area contributed by atoms with Crippen molar-refractivity contribution in [2.45, 2.75) is 48.5 Å². The predicted molar refractivity (Wildman–Crippen MR) is 116 cm³/mol. The van der Waals surface area contributed by atoms with Crippen LogP contribution in [0.2, 0.25) is 0 Å². The van der Waals surface area contributed by atoms with Crippen molar-refractivity contribution in [3.63, 3.8) is 0 Å². The van der Waals surface area contributed by atoms with Gasteiger partial charge in [-0.2, -0.15) is 0 Å². The van der Waals surface area contributed by atoms with Crippen LogP contribution in [0.25, 0.3) is 0 Å². The normalized spacial score (nSPS) is 28.3. The first-order chi connectivity index (χ1) is 14.8. The second-order valence-corrected chi connectivity index (χ2v) is 10.5. The minimum atomic E-state index is -4.03. The molecule has 7 nitrogen and oxygen atoms in total. The molecule has 2 aromatic rings. The molecule has 3 N–H and O–H groups in total. The number of hydrogen-bond donors (Lipinski definition) is 3. The largest absolute Gasteiger partial charge is 0.391 e. The lowest BCUT2D eigenvalue weighted by molar-refractivity contribution is -0.132. The van der Waals surface area contributed by atoms with Crippen molar-refractivity contribution in [1.82, 2.24) is 5.32 Å². The monoisotopic (exact) mass is 442 g/mol. The van der Waals surface area contributed by atoms with Gasteiger partial charge in [-0.15, -0.1) is 0 Å². The van der Waals surface area contributed by atoms with Crippen LogP contribution in [0.3, 0.4) is 0 Å². The highest BCUT2D eigenvalue weighted by Gasteiger charge is 2.52. The fourth-order valence-electron chi connectivity index (χ4n) is 4.70. The first-order valence-electron chi connectivity index (χ1n) is 10.4. The maximum absolute atomic E-state index is 13.0. The van der Waals surface area contributed by atoms with Gasteiger partial charge in [-0.1, -0.05) is 30.3 Å². The molecular formula is C23H26N2O5S. The molecule has 1 saturated heterocycles. The minimum Gasteiger partial charge on any atom is -0.391 e. The lowest BCUT2D eigenvalue weighted by Gasteiger charge is -2.44. The lowest BCUT2D eigenvalue weighted by Crippen LogP contribution is -2.63. The third kappa shape index (κ3) is 4.22. The number of hydrogen-bond acceptors (Lipinski definition) is 5. The van der Waals surface area contributed by atoms with E-state index >= 15 is 0 Å². The van der Waals surface area contributed by atoms with Crippen molar-refractivity contribution in [2.24, 2.45) is 11.8 Å². The van der Waals surface area contributed by atoms with E-state index in [1.54, 1.807) is 18.2 Å². The summed E-state index contributed by atoms with van der Waals surface area (Å²) in [6.07, 6.45) is 0.0241. The molecule has 4 rings (SSSR count). The van der Waals surface area contributed by atoms with E-state index in [1.165, 1.54) is 12.1 Å². The van der Waals surface area contributed by atoms with Gasteiger partial charge in [-0.25, -0.2) is 8.42 Å². The van der Waals surface area contributed by atoms with Gasteiger partial charge in [0.2, 0.25) is 11.8 Å². The molecule has 0 spiro atoms. The summed E-state index contributed by atoms with van der Waals surface area (Å²) in [5.74, 6) is -1.58. The number of fused-ring (bicyclic) bond motifs is 1. The van der Waals surface area contributed by atoms with Crippen LogP contribution in [0.15, 0.2) is 59.5 Å². The molecular weight excluding hydrogens is 416 g/mol. The molecule has 164 valence electrons. The van der Waals surface area contributed by atoms with Crippen molar-refractivity contribution in [3.05, 3.63) is 60.2 Å². The summed E-state index contributed by atoms with van der Waals surface area (Å²) < 4.78 is 26.0. The Morgan fingerprint density at radius 1 is 1.10 bits per heavy atom. The van der Waals surface area contributed by atoms with Crippen LogP contribution in [0.4, 0.5) is 5.69 Å². The van der Waals surface area contributed by atoms with Gasteiger partial charge in [-0.3, -0.25) is 9.59 Å². The van der Waals surface area contributed by atoms with E-state index in [2.05, 4.69) is 10.6 Å². The molecule has 0 aromatic heterocycles. The van der Waals surface area contributed by atoms with E-state index in [1.807, 2.05) is 31.2 Å². The quantitative estimate of drug-likeness (QED) is 0.671. The lowest BCUT2D eigenvalue weighted by atomic mass is 9.73. The number of aliphatic hydroxyl groups is 1. The fraction of sp³-hybridized carbons (Fsp3) is 0.391. The number of carbonyl (C=O) groups excluding carboxylic acids is 2. The molecule has 1 saturated carbocycles. The van der Waals surface area contributed by atoms with Crippen molar-refractivity contribution in [1.29, 1.82) is 0 Å². The summed E-state index contributed by atoms with van der Waals surface area (Å²) >= 11 is 0. The summed E-state index contributed by atoms with van der Waals surface area (Å²) in [4.78, 5) is 25.5. The molecule has 31 heavy (non-hydrogen) atoms. The van der Waals surface area contributed by atoms with Gasteiger partial charge in [0.15, 0.2) is 15.1 Å². The van der Waals surface area contributed by atoms with Crippen molar-refractivity contribution >= 4 is 27.3 Å². The summed E-state index contributed by atoms with van der Waals surface area (Å²) in [6, 6.07) is 14.8. The molecule has 5 unspecified atom stereocenters. The number of amides is 2. The molecule has 8 heteroatoms. The molecule has 0 bridgehead atoms. The molecule has 1 aliphatic carbocycles. The molecule has 2 fully saturated rings. The zero-order valence-electron chi connectivity index (χ0n) is 17.2. The van der Waals surface area contributed by atoms with E-state index in [9.17, 15) is 23.1 Å². The van der Waals surface area contributed by atoms with E-state index in [0.29, 0.717) is 24.9 Å². The average Bonchev–Trinajstić information content (AvgIpc) is 2.73. The summed E-state index contributed by atoms with van der Waals surface area (Å²) in [5, 5.41) is 15.0. The number of rotatable bonds is 4. The average molecular weight is 443 g/mol. The Labute approximate surface area is 181 Å². The van der Waals surface area contributed by atoms with Gasteiger partial charge >= 0.3 is 0 Å². The SMILES string of the molecule is Cc1cccc(NC(=O)C2CCC3C(C2)NC(=O)C(S(=O)(=O)c2ccccc2)C3O)c1.